The Morgan fingerprint density at radius 2 is 1.76 bits per heavy atom. The molecule has 4 heteroatoms. The molecule has 0 bridgehead atoms. The van der Waals surface area contributed by atoms with Crippen molar-refractivity contribution in [2.24, 2.45) is 28.6 Å². The Labute approximate surface area is 149 Å². The van der Waals surface area contributed by atoms with E-state index >= 15 is 0 Å². The summed E-state index contributed by atoms with van der Waals surface area (Å²) in [4.78, 5) is 0. The second-order valence-corrected chi connectivity index (χ2v) is 9.28. The summed E-state index contributed by atoms with van der Waals surface area (Å²) in [5, 5.41) is 31.9. The Hall–Kier alpha value is -0.890. The average molecular weight is 348 g/mol. The molecule has 0 radical (unpaired) electrons. The van der Waals surface area contributed by atoms with Crippen LogP contribution in [0.15, 0.2) is 11.1 Å². The molecular weight excluding hydrogens is 319 g/mol. The Kier molecular flexibility index (Phi) is 4.07. The molecule has 0 amide bonds. The van der Waals surface area contributed by atoms with Crippen LogP contribution in [0.3, 0.4) is 0 Å². The van der Waals surface area contributed by atoms with E-state index < -0.39 is 12.2 Å². The van der Waals surface area contributed by atoms with Crippen molar-refractivity contribution >= 4 is 0 Å². The molecule has 0 saturated heterocycles. The molecule has 3 unspecified atom stereocenters. The minimum atomic E-state index is -0.711. The molecule has 0 aliphatic heterocycles. The van der Waals surface area contributed by atoms with E-state index in [9.17, 15) is 19.7 Å². The van der Waals surface area contributed by atoms with E-state index in [0.717, 1.165) is 37.7 Å². The molecule has 3 nitrogen and oxygen atoms in total. The number of rotatable bonds is 0. The lowest BCUT2D eigenvalue weighted by Crippen LogP contribution is -2.56. The normalized spacial score (nSPS) is 51.9. The molecule has 3 saturated carbocycles. The van der Waals surface area contributed by atoms with Crippen LogP contribution in [0.5, 0.6) is 0 Å². The predicted octanol–water partition coefficient (Wildman–Crippen LogP) is 2.94. The van der Waals surface area contributed by atoms with Crippen molar-refractivity contribution in [2.45, 2.75) is 77.1 Å². The average Bonchev–Trinajstić information content (AvgIpc) is 2.88. The van der Waals surface area contributed by atoms with E-state index in [2.05, 4.69) is 19.8 Å². The molecule has 0 spiro atoms. The zero-order valence-electron chi connectivity index (χ0n) is 15.1. The number of aliphatic hydroxyl groups is 3. The molecule has 8 atom stereocenters. The maximum Gasteiger partial charge on any atom is 0.110 e. The Bertz CT molecular complexity index is 662. The van der Waals surface area contributed by atoms with Crippen LogP contribution in [0.1, 0.15) is 58.8 Å². The molecule has 0 aromatic rings. The van der Waals surface area contributed by atoms with Gasteiger partial charge < -0.3 is 15.3 Å². The summed E-state index contributed by atoms with van der Waals surface area (Å²) < 4.78 is 12.7. The van der Waals surface area contributed by atoms with Gasteiger partial charge in [0.1, 0.15) is 6.17 Å². The maximum atomic E-state index is 12.7. The van der Waals surface area contributed by atoms with E-state index in [-0.39, 0.29) is 22.9 Å². The highest BCUT2D eigenvalue weighted by Crippen LogP contribution is 2.65. The summed E-state index contributed by atoms with van der Waals surface area (Å²) >= 11 is 0. The van der Waals surface area contributed by atoms with Gasteiger partial charge in [-0.3, -0.25) is 0 Å². The lowest BCUT2D eigenvalue weighted by molar-refractivity contribution is -0.122. The van der Waals surface area contributed by atoms with Crippen molar-refractivity contribution < 1.29 is 19.7 Å². The molecule has 4 rings (SSSR count). The van der Waals surface area contributed by atoms with Crippen LogP contribution in [0.2, 0.25) is 0 Å². The zero-order valence-corrected chi connectivity index (χ0v) is 15.1. The van der Waals surface area contributed by atoms with Crippen LogP contribution in [0, 0.1) is 40.7 Å². The first kappa shape index (κ1) is 17.5. The second-order valence-electron chi connectivity index (χ2n) is 9.28. The zero-order chi connectivity index (χ0) is 18.0. The molecule has 4 aliphatic carbocycles. The van der Waals surface area contributed by atoms with Crippen LogP contribution < -0.4 is 0 Å². The summed E-state index contributed by atoms with van der Waals surface area (Å²) in [7, 11) is 0. The van der Waals surface area contributed by atoms with Gasteiger partial charge in [-0.05, 0) is 85.0 Å². The second kappa shape index (κ2) is 5.81. The van der Waals surface area contributed by atoms with Crippen molar-refractivity contribution in [2.75, 3.05) is 0 Å². The Morgan fingerprint density at radius 3 is 2.48 bits per heavy atom. The van der Waals surface area contributed by atoms with Gasteiger partial charge in [-0.15, -0.1) is 4.39 Å². The minimum Gasteiger partial charge on any atom is -0.393 e. The van der Waals surface area contributed by atoms with Crippen molar-refractivity contribution in [1.82, 2.24) is 0 Å². The molecule has 3 fully saturated rings. The van der Waals surface area contributed by atoms with Gasteiger partial charge >= 0.3 is 0 Å². The first-order valence-electron chi connectivity index (χ1n) is 9.72. The highest BCUT2D eigenvalue weighted by Gasteiger charge is 2.61. The van der Waals surface area contributed by atoms with Crippen molar-refractivity contribution in [1.29, 1.82) is 0 Å². The highest BCUT2D eigenvalue weighted by atomic mass is 19.1. The largest absolute Gasteiger partial charge is 0.393 e. The predicted molar refractivity (Wildman–Crippen MR) is 92.9 cm³/mol. The highest BCUT2D eigenvalue weighted by molar-refractivity contribution is 5.43. The third kappa shape index (κ3) is 2.29. The van der Waals surface area contributed by atoms with Gasteiger partial charge in [0.2, 0.25) is 0 Å². The number of hydrogen-bond donors (Lipinski definition) is 3. The van der Waals surface area contributed by atoms with Gasteiger partial charge in [-0.25, -0.2) is 0 Å². The quantitative estimate of drug-likeness (QED) is 0.590. The van der Waals surface area contributed by atoms with E-state index in [1.54, 1.807) is 0 Å². The number of halogens is 1. The summed E-state index contributed by atoms with van der Waals surface area (Å²) in [6.07, 6.45) is 5.69. The molecular formula is C21H29FO3. The lowest BCUT2D eigenvalue weighted by Gasteiger charge is -2.59. The van der Waals surface area contributed by atoms with E-state index in [1.165, 1.54) is 6.17 Å². The summed E-state index contributed by atoms with van der Waals surface area (Å²) in [5.41, 5.74) is 1.27. The SMILES string of the molecule is C[C@]12CCC(O)C(C#CF)=C1CC(O)[C@@H]1[C@H]2CC[C@]2(C)C(O)CC[C@@H]12. The number of hydrogen-bond acceptors (Lipinski definition) is 3. The van der Waals surface area contributed by atoms with E-state index in [4.69, 9.17) is 0 Å². The third-order valence-electron chi connectivity index (χ3n) is 8.43. The van der Waals surface area contributed by atoms with Crippen molar-refractivity contribution in [3.63, 3.8) is 0 Å². The standard InChI is InChI=1S/C21H29FO3/c1-20-9-6-16(23)12(7-10-22)15(20)11-17(24)19-13-3-4-18(25)21(13,2)8-5-14(19)20/h13-14,16-19,23-25H,3-6,8-9,11H2,1-2H3/t13-,14+,16?,17?,18?,19-,20+,21-/m0/s1. The lowest BCUT2D eigenvalue weighted by atomic mass is 9.46. The first-order chi connectivity index (χ1) is 11.8. The van der Waals surface area contributed by atoms with Gasteiger partial charge in [0.15, 0.2) is 0 Å². The molecule has 4 aliphatic rings. The molecule has 3 N–H and O–H groups in total. The Balaban J connectivity index is 1.78. The van der Waals surface area contributed by atoms with Crippen LogP contribution in [-0.2, 0) is 0 Å². The molecule has 0 heterocycles. The summed E-state index contributed by atoms with van der Waals surface area (Å²) in [6.45, 7) is 4.42. The third-order valence-corrected chi connectivity index (χ3v) is 8.43. The fourth-order valence-electron chi connectivity index (χ4n) is 6.99. The van der Waals surface area contributed by atoms with Crippen LogP contribution >= 0.6 is 0 Å². The van der Waals surface area contributed by atoms with Crippen LogP contribution in [-0.4, -0.2) is 33.6 Å². The molecule has 0 aromatic carbocycles. The number of fused-ring (bicyclic) bond motifs is 5. The van der Waals surface area contributed by atoms with Gasteiger partial charge in [-0.2, -0.15) is 0 Å². The van der Waals surface area contributed by atoms with E-state index in [1.807, 2.05) is 0 Å². The van der Waals surface area contributed by atoms with Gasteiger partial charge in [0, 0.05) is 5.57 Å². The maximum absolute atomic E-state index is 12.7. The van der Waals surface area contributed by atoms with Gasteiger partial charge in [-0.1, -0.05) is 13.8 Å². The fraction of sp³-hybridized carbons (Fsp3) is 0.810. The first-order valence-corrected chi connectivity index (χ1v) is 9.72. The van der Waals surface area contributed by atoms with E-state index in [0.29, 0.717) is 30.3 Å². The van der Waals surface area contributed by atoms with Gasteiger partial charge in [0.25, 0.3) is 0 Å². The summed E-state index contributed by atoms with van der Waals surface area (Å²) in [6, 6.07) is 0. The molecule has 138 valence electrons. The fourth-order valence-corrected chi connectivity index (χ4v) is 6.99. The Morgan fingerprint density at radius 1 is 1.00 bits per heavy atom. The smallest absolute Gasteiger partial charge is 0.110 e. The summed E-state index contributed by atoms with van der Waals surface area (Å²) in [5.74, 6) is 3.34. The van der Waals surface area contributed by atoms with Crippen LogP contribution in [0.25, 0.3) is 0 Å². The minimum absolute atomic E-state index is 0.0878. The molecule has 25 heavy (non-hydrogen) atoms. The monoisotopic (exact) mass is 348 g/mol. The van der Waals surface area contributed by atoms with Gasteiger partial charge in [0.05, 0.1) is 18.3 Å². The van der Waals surface area contributed by atoms with Crippen molar-refractivity contribution in [3.8, 4) is 12.1 Å². The molecule has 0 aromatic heterocycles. The number of aliphatic hydroxyl groups excluding tert-OH is 3. The topological polar surface area (TPSA) is 60.7 Å². The van der Waals surface area contributed by atoms with Crippen molar-refractivity contribution in [3.05, 3.63) is 11.1 Å². The van der Waals surface area contributed by atoms with Crippen LogP contribution in [0.4, 0.5) is 4.39 Å².